The Morgan fingerprint density at radius 2 is 1.74 bits per heavy atom. The molecule has 0 saturated carbocycles. The molecule has 4 heteroatoms. The molecule has 23 heavy (non-hydrogen) atoms. The number of para-hydroxylation sites is 1. The molecule has 1 aromatic carbocycles. The first-order chi connectivity index (χ1) is 11.0. The van der Waals surface area contributed by atoms with Crippen LogP contribution in [-0.4, -0.2) is 17.0 Å². The van der Waals surface area contributed by atoms with Crippen molar-refractivity contribution in [3.05, 3.63) is 29.8 Å². The van der Waals surface area contributed by atoms with Gasteiger partial charge in [-0.25, -0.2) is 0 Å². The van der Waals surface area contributed by atoms with Crippen LogP contribution < -0.4 is 4.74 Å². The predicted molar refractivity (Wildman–Crippen MR) is 90.7 cm³/mol. The molecule has 0 aliphatic carbocycles. The Morgan fingerprint density at radius 1 is 1.04 bits per heavy atom. The van der Waals surface area contributed by atoms with E-state index in [4.69, 9.17) is 4.74 Å². The van der Waals surface area contributed by atoms with Crippen molar-refractivity contribution in [2.45, 2.75) is 71.1 Å². The van der Waals surface area contributed by atoms with Gasteiger partial charge in [-0.05, 0) is 18.9 Å². The van der Waals surface area contributed by atoms with Gasteiger partial charge in [-0.15, -0.1) is 0 Å². The Morgan fingerprint density at radius 3 is 2.30 bits per heavy atom. The molecule has 0 amide bonds. The topological polar surface area (TPSA) is 63.6 Å². The number of esters is 1. The molecule has 0 radical (unpaired) electrons. The van der Waals surface area contributed by atoms with Crippen LogP contribution in [0.2, 0.25) is 0 Å². The summed E-state index contributed by atoms with van der Waals surface area (Å²) in [7, 11) is 0. The number of unbranched alkanes of at least 4 members (excludes halogenated alkanes) is 3. The van der Waals surface area contributed by atoms with Gasteiger partial charge in [0.2, 0.25) is 0 Å². The molecular weight excluding hydrogens is 292 g/mol. The minimum atomic E-state index is -0.992. The van der Waals surface area contributed by atoms with Crippen molar-refractivity contribution in [1.82, 2.24) is 0 Å². The van der Waals surface area contributed by atoms with Gasteiger partial charge in [-0.1, -0.05) is 64.2 Å². The van der Waals surface area contributed by atoms with Crippen LogP contribution in [0.5, 0.6) is 5.75 Å². The van der Waals surface area contributed by atoms with Gasteiger partial charge < -0.3 is 9.84 Å². The molecule has 0 saturated heterocycles. The Labute approximate surface area is 138 Å². The zero-order chi connectivity index (χ0) is 17.3. The van der Waals surface area contributed by atoms with Gasteiger partial charge in [0.15, 0.2) is 0 Å². The van der Waals surface area contributed by atoms with Crippen LogP contribution in [-0.2, 0) is 15.0 Å². The molecule has 1 atom stereocenters. The highest BCUT2D eigenvalue weighted by atomic mass is 16.5. The van der Waals surface area contributed by atoms with Crippen molar-refractivity contribution in [2.24, 2.45) is 0 Å². The normalized spacial score (nSPS) is 13.3. The summed E-state index contributed by atoms with van der Waals surface area (Å²) in [4.78, 5) is 23.5. The third kappa shape index (κ3) is 5.08. The van der Waals surface area contributed by atoms with Crippen LogP contribution in [0.15, 0.2) is 24.3 Å². The summed E-state index contributed by atoms with van der Waals surface area (Å²) in [6.07, 6.45) is 5.94. The molecule has 0 bridgehead atoms. The van der Waals surface area contributed by atoms with E-state index in [2.05, 4.69) is 6.92 Å². The van der Waals surface area contributed by atoms with Gasteiger partial charge in [-0.2, -0.15) is 0 Å². The molecule has 0 aliphatic heterocycles. The van der Waals surface area contributed by atoms with Crippen LogP contribution in [0, 0.1) is 0 Å². The maximum absolute atomic E-state index is 12.2. The molecule has 128 valence electrons. The number of aliphatic carboxylic acids is 1. The summed E-state index contributed by atoms with van der Waals surface area (Å²) in [6.45, 7) is 5.45. The number of hydrogen-bond acceptors (Lipinski definition) is 3. The molecule has 4 nitrogen and oxygen atoms in total. The van der Waals surface area contributed by atoms with Crippen molar-refractivity contribution in [3.8, 4) is 5.75 Å². The number of carboxylic acids is 1. The second kappa shape index (κ2) is 9.33. The Balaban J connectivity index is 3.22. The maximum atomic E-state index is 12.2. The van der Waals surface area contributed by atoms with Crippen LogP contribution >= 0.6 is 0 Å². The Kier molecular flexibility index (Phi) is 7.79. The van der Waals surface area contributed by atoms with Crippen molar-refractivity contribution in [1.29, 1.82) is 0 Å². The summed E-state index contributed by atoms with van der Waals surface area (Å²) in [6, 6.07) is 7.02. The minimum Gasteiger partial charge on any atom is -0.481 e. The summed E-state index contributed by atoms with van der Waals surface area (Å²) in [5.41, 5.74) is -0.379. The summed E-state index contributed by atoms with van der Waals surface area (Å²) < 4.78 is 5.27. The predicted octanol–water partition coefficient (Wildman–Crippen LogP) is 4.70. The zero-order valence-corrected chi connectivity index (χ0v) is 14.4. The lowest BCUT2D eigenvalue weighted by atomic mass is 9.72. The smallest absolute Gasteiger partial charge is 0.314 e. The average molecular weight is 320 g/mol. The summed E-state index contributed by atoms with van der Waals surface area (Å²) in [5, 5.41) is 9.98. The third-order valence-corrected chi connectivity index (χ3v) is 4.20. The van der Waals surface area contributed by atoms with Gasteiger partial charge in [0, 0.05) is 12.5 Å². The number of hydrogen-bond donors (Lipinski definition) is 1. The monoisotopic (exact) mass is 320 g/mol. The standard InChI is InChI=1S/C19H28O4/c1-4-6-7-10-14-19(13-5-2,18(21)22)16-11-8-9-12-17(16)23-15(3)20/h8-9,11-12H,4-7,10,13-14H2,1-3H3,(H,21,22). The molecule has 0 spiro atoms. The quantitative estimate of drug-likeness (QED) is 0.385. The van der Waals surface area contributed by atoms with E-state index in [9.17, 15) is 14.7 Å². The first kappa shape index (κ1) is 19.2. The number of carboxylic acid groups (broad SMARTS) is 1. The molecule has 0 aliphatic rings. The van der Waals surface area contributed by atoms with Crippen molar-refractivity contribution in [2.75, 3.05) is 0 Å². The van der Waals surface area contributed by atoms with E-state index < -0.39 is 17.4 Å². The molecule has 0 fully saturated rings. The molecule has 0 heterocycles. The highest BCUT2D eigenvalue weighted by molar-refractivity contribution is 5.83. The number of carbonyl (C=O) groups is 2. The van der Waals surface area contributed by atoms with Crippen molar-refractivity contribution < 1.29 is 19.4 Å². The molecule has 1 N–H and O–H groups in total. The lowest BCUT2D eigenvalue weighted by Gasteiger charge is -2.31. The molecular formula is C19H28O4. The van der Waals surface area contributed by atoms with Gasteiger partial charge in [0.25, 0.3) is 0 Å². The third-order valence-electron chi connectivity index (χ3n) is 4.20. The second-order valence-corrected chi connectivity index (χ2v) is 6.04. The van der Waals surface area contributed by atoms with E-state index in [1.54, 1.807) is 18.2 Å². The van der Waals surface area contributed by atoms with Crippen LogP contribution in [0.1, 0.15) is 71.3 Å². The van der Waals surface area contributed by atoms with Gasteiger partial charge in [0.1, 0.15) is 5.75 Å². The van der Waals surface area contributed by atoms with E-state index in [0.717, 1.165) is 32.1 Å². The van der Waals surface area contributed by atoms with Gasteiger partial charge in [-0.3, -0.25) is 9.59 Å². The number of rotatable bonds is 10. The summed E-state index contributed by atoms with van der Waals surface area (Å²) in [5.74, 6) is -0.902. The number of ether oxygens (including phenoxy) is 1. The maximum Gasteiger partial charge on any atom is 0.314 e. The fourth-order valence-electron chi connectivity index (χ4n) is 3.11. The SMILES string of the molecule is CCCCCCC(CCC)(C(=O)O)c1ccccc1OC(C)=O. The molecule has 1 aromatic rings. The van der Waals surface area contributed by atoms with Crippen LogP contribution in [0.25, 0.3) is 0 Å². The van der Waals surface area contributed by atoms with Gasteiger partial charge >= 0.3 is 11.9 Å². The van der Waals surface area contributed by atoms with Crippen LogP contribution in [0.4, 0.5) is 0 Å². The lowest BCUT2D eigenvalue weighted by Crippen LogP contribution is -2.36. The first-order valence-electron chi connectivity index (χ1n) is 8.49. The van der Waals surface area contributed by atoms with Crippen molar-refractivity contribution >= 4 is 11.9 Å². The van der Waals surface area contributed by atoms with E-state index in [0.29, 0.717) is 24.2 Å². The fourth-order valence-corrected chi connectivity index (χ4v) is 3.11. The second-order valence-electron chi connectivity index (χ2n) is 6.04. The molecule has 0 aromatic heterocycles. The highest BCUT2D eigenvalue weighted by Crippen LogP contribution is 2.40. The minimum absolute atomic E-state index is 0.367. The van der Waals surface area contributed by atoms with E-state index in [1.807, 2.05) is 13.0 Å². The Bertz CT molecular complexity index is 524. The molecule has 1 unspecified atom stereocenters. The van der Waals surface area contributed by atoms with Gasteiger partial charge in [0.05, 0.1) is 5.41 Å². The van der Waals surface area contributed by atoms with E-state index in [1.165, 1.54) is 6.92 Å². The number of carbonyl (C=O) groups excluding carboxylic acids is 1. The molecule has 1 rings (SSSR count). The lowest BCUT2D eigenvalue weighted by molar-refractivity contribution is -0.145. The largest absolute Gasteiger partial charge is 0.481 e. The number of benzene rings is 1. The first-order valence-corrected chi connectivity index (χ1v) is 8.49. The summed E-state index contributed by atoms with van der Waals surface area (Å²) >= 11 is 0. The van der Waals surface area contributed by atoms with E-state index >= 15 is 0 Å². The van der Waals surface area contributed by atoms with Crippen LogP contribution in [0.3, 0.4) is 0 Å². The van der Waals surface area contributed by atoms with Crippen molar-refractivity contribution in [3.63, 3.8) is 0 Å². The van der Waals surface area contributed by atoms with E-state index in [-0.39, 0.29) is 0 Å². The Hall–Kier alpha value is -1.84. The fraction of sp³-hybridized carbons (Fsp3) is 0.579. The average Bonchev–Trinajstić information content (AvgIpc) is 2.50. The zero-order valence-electron chi connectivity index (χ0n) is 14.4. The highest BCUT2D eigenvalue weighted by Gasteiger charge is 2.41.